The number of primary amides is 1. The highest BCUT2D eigenvalue weighted by atomic mass is 32.2. The zero-order valence-electron chi connectivity index (χ0n) is 18.9. The van der Waals surface area contributed by atoms with Crippen LogP contribution in [0.1, 0.15) is 51.5 Å². The van der Waals surface area contributed by atoms with E-state index in [4.69, 9.17) is 10.5 Å². The minimum absolute atomic E-state index is 0.194. The molecule has 2 N–H and O–H groups in total. The second kappa shape index (κ2) is 10.5. The summed E-state index contributed by atoms with van der Waals surface area (Å²) in [7, 11) is -3.63. The quantitative estimate of drug-likeness (QED) is 0.465. The number of carbonyl (C=O) groups is 1. The van der Waals surface area contributed by atoms with Gasteiger partial charge in [0.15, 0.2) is 11.0 Å². The maximum Gasteiger partial charge on any atom is 0.243 e. The molecule has 2 fully saturated rings. The van der Waals surface area contributed by atoms with Crippen molar-refractivity contribution in [3.63, 3.8) is 0 Å². The number of rotatable bonds is 7. The van der Waals surface area contributed by atoms with Crippen LogP contribution in [0.5, 0.6) is 0 Å². The molecule has 9 nitrogen and oxygen atoms in total. The molecule has 33 heavy (non-hydrogen) atoms. The Hall–Kier alpha value is -1.95. The number of carbonyl (C=O) groups excluding carboxylic acids is 1. The fourth-order valence-electron chi connectivity index (χ4n) is 4.35. The van der Waals surface area contributed by atoms with E-state index in [-0.39, 0.29) is 10.9 Å². The number of hydrogen-bond acceptors (Lipinski definition) is 7. The van der Waals surface area contributed by atoms with Crippen molar-refractivity contribution in [2.75, 3.05) is 26.3 Å². The predicted molar refractivity (Wildman–Crippen MR) is 126 cm³/mol. The van der Waals surface area contributed by atoms with Gasteiger partial charge in [0, 0.05) is 24.7 Å². The van der Waals surface area contributed by atoms with E-state index in [1.54, 1.807) is 25.1 Å². The number of nitrogens with two attached hydrogens (primary N) is 1. The van der Waals surface area contributed by atoms with E-state index < -0.39 is 21.2 Å². The van der Waals surface area contributed by atoms with Crippen molar-refractivity contribution in [2.45, 2.75) is 66.8 Å². The number of aromatic nitrogens is 3. The van der Waals surface area contributed by atoms with Crippen molar-refractivity contribution in [1.29, 1.82) is 0 Å². The molecule has 0 spiro atoms. The van der Waals surface area contributed by atoms with Crippen LogP contribution in [-0.2, 0) is 19.6 Å². The molecule has 1 atom stereocenters. The number of thioether (sulfide) groups is 1. The van der Waals surface area contributed by atoms with E-state index in [9.17, 15) is 13.2 Å². The molecule has 0 radical (unpaired) electrons. The molecule has 1 saturated carbocycles. The van der Waals surface area contributed by atoms with Crippen LogP contribution >= 0.6 is 11.8 Å². The number of benzene rings is 1. The summed E-state index contributed by atoms with van der Waals surface area (Å²) in [5, 5.41) is 9.04. The van der Waals surface area contributed by atoms with Crippen LogP contribution in [-0.4, -0.2) is 64.9 Å². The van der Waals surface area contributed by atoms with Gasteiger partial charge in [-0.05, 0) is 31.9 Å². The molecule has 1 amide bonds. The third-order valence-electron chi connectivity index (χ3n) is 6.24. The number of hydrogen-bond donors (Lipinski definition) is 1. The average molecular weight is 494 g/mol. The molecule has 0 bridgehead atoms. The van der Waals surface area contributed by atoms with Gasteiger partial charge in [-0.1, -0.05) is 49.6 Å². The maximum absolute atomic E-state index is 13.2. The van der Waals surface area contributed by atoms with Crippen LogP contribution in [0.3, 0.4) is 0 Å². The first kappa shape index (κ1) is 24.2. The summed E-state index contributed by atoms with van der Waals surface area (Å²) in [6, 6.07) is 7.09. The molecule has 180 valence electrons. The average Bonchev–Trinajstić information content (AvgIpc) is 3.04. The molecule has 1 saturated heterocycles. The van der Waals surface area contributed by atoms with Crippen molar-refractivity contribution in [3.05, 3.63) is 24.3 Å². The van der Waals surface area contributed by atoms with Gasteiger partial charge < -0.3 is 10.5 Å². The van der Waals surface area contributed by atoms with Gasteiger partial charge in [-0.15, -0.1) is 10.2 Å². The van der Waals surface area contributed by atoms with E-state index in [1.807, 2.05) is 6.07 Å². The Morgan fingerprint density at radius 1 is 1.15 bits per heavy atom. The van der Waals surface area contributed by atoms with Gasteiger partial charge in [-0.2, -0.15) is 4.31 Å². The molecule has 4 rings (SSSR count). The zero-order chi connectivity index (χ0) is 23.4. The number of sulfonamides is 1. The number of morpholine rings is 1. The first-order valence-corrected chi connectivity index (χ1v) is 13.8. The summed E-state index contributed by atoms with van der Waals surface area (Å²) in [5.74, 6) is 0.218. The third-order valence-corrected chi connectivity index (χ3v) is 9.21. The summed E-state index contributed by atoms with van der Waals surface area (Å²) < 4.78 is 35.3. The van der Waals surface area contributed by atoms with Gasteiger partial charge >= 0.3 is 0 Å². The Bertz CT molecular complexity index is 1070. The summed E-state index contributed by atoms with van der Waals surface area (Å²) in [6.07, 6.45) is 6.61. The maximum atomic E-state index is 13.2. The van der Waals surface area contributed by atoms with E-state index in [0.29, 0.717) is 42.8 Å². The van der Waals surface area contributed by atoms with E-state index >= 15 is 0 Å². The summed E-state index contributed by atoms with van der Waals surface area (Å²) in [5.41, 5.74) is 6.19. The van der Waals surface area contributed by atoms with Gasteiger partial charge in [-0.25, -0.2) is 8.42 Å². The van der Waals surface area contributed by atoms with Crippen molar-refractivity contribution in [1.82, 2.24) is 19.1 Å². The zero-order valence-corrected chi connectivity index (χ0v) is 20.5. The first-order valence-electron chi connectivity index (χ1n) is 11.5. The van der Waals surface area contributed by atoms with Crippen molar-refractivity contribution >= 4 is 27.7 Å². The first-order chi connectivity index (χ1) is 15.9. The van der Waals surface area contributed by atoms with Crippen LogP contribution in [0.4, 0.5) is 0 Å². The highest BCUT2D eigenvalue weighted by molar-refractivity contribution is 8.00. The van der Waals surface area contributed by atoms with Gasteiger partial charge in [0.05, 0.1) is 23.4 Å². The Labute approximate surface area is 199 Å². The van der Waals surface area contributed by atoms with Gasteiger partial charge in [0.1, 0.15) is 0 Å². The molecular weight excluding hydrogens is 462 g/mol. The largest absolute Gasteiger partial charge is 0.379 e. The molecule has 1 aromatic carbocycles. The number of amides is 1. The van der Waals surface area contributed by atoms with Crippen LogP contribution in [0.2, 0.25) is 0 Å². The molecular formula is C22H31N5O4S2. The lowest BCUT2D eigenvalue weighted by molar-refractivity contribution is -0.117. The SMILES string of the molecule is CC(Sc1nnc(-c2cccc(S(=O)(=O)N3CCOCC3)c2)n1C1CCCCCC1)C(N)=O. The molecule has 1 aromatic heterocycles. The Morgan fingerprint density at radius 3 is 2.52 bits per heavy atom. The molecule has 2 heterocycles. The van der Waals surface area contributed by atoms with Gasteiger partial charge in [0.25, 0.3) is 0 Å². The Morgan fingerprint density at radius 2 is 1.85 bits per heavy atom. The molecule has 1 aliphatic heterocycles. The molecule has 1 aliphatic carbocycles. The van der Waals surface area contributed by atoms with Crippen LogP contribution in [0.15, 0.2) is 34.3 Å². The fraction of sp³-hybridized carbons (Fsp3) is 0.591. The minimum atomic E-state index is -3.63. The summed E-state index contributed by atoms with van der Waals surface area (Å²) in [4.78, 5) is 11.9. The minimum Gasteiger partial charge on any atom is -0.379 e. The lowest BCUT2D eigenvalue weighted by Crippen LogP contribution is -2.40. The normalized spacial score (nSPS) is 19.8. The summed E-state index contributed by atoms with van der Waals surface area (Å²) >= 11 is 1.30. The lowest BCUT2D eigenvalue weighted by Gasteiger charge is -2.26. The van der Waals surface area contributed by atoms with Crippen molar-refractivity contribution in [3.8, 4) is 11.4 Å². The Kier molecular flexibility index (Phi) is 7.72. The fourth-order valence-corrected chi connectivity index (χ4v) is 6.67. The second-order valence-corrected chi connectivity index (χ2v) is 11.8. The standard InChI is InChI=1S/C22H31N5O4S2/c1-16(20(23)28)32-22-25-24-21(27(22)18-8-4-2-3-5-9-18)17-7-6-10-19(15-17)33(29,30)26-11-13-31-14-12-26/h6-7,10,15-16,18H,2-5,8-9,11-14H2,1H3,(H2,23,28). The Balaban J connectivity index is 1.73. The molecule has 2 aromatic rings. The van der Waals surface area contributed by atoms with Crippen LogP contribution < -0.4 is 5.73 Å². The third kappa shape index (κ3) is 5.42. The monoisotopic (exact) mass is 493 g/mol. The molecule has 11 heteroatoms. The number of nitrogens with zero attached hydrogens (tertiary/aromatic N) is 4. The highest BCUT2D eigenvalue weighted by Crippen LogP contribution is 2.36. The van der Waals surface area contributed by atoms with Crippen LogP contribution in [0.25, 0.3) is 11.4 Å². The highest BCUT2D eigenvalue weighted by Gasteiger charge is 2.29. The smallest absolute Gasteiger partial charge is 0.243 e. The van der Waals surface area contributed by atoms with E-state index in [1.165, 1.54) is 28.9 Å². The number of ether oxygens (including phenoxy) is 1. The van der Waals surface area contributed by atoms with Gasteiger partial charge in [-0.3, -0.25) is 9.36 Å². The lowest BCUT2D eigenvalue weighted by atomic mass is 10.1. The topological polar surface area (TPSA) is 120 Å². The second-order valence-electron chi connectivity index (χ2n) is 8.53. The van der Waals surface area contributed by atoms with Crippen molar-refractivity contribution < 1.29 is 17.9 Å². The predicted octanol–water partition coefficient (Wildman–Crippen LogP) is 2.83. The molecule has 2 aliphatic rings. The molecule has 1 unspecified atom stereocenters. The van der Waals surface area contributed by atoms with E-state index in [0.717, 1.165) is 25.7 Å². The van der Waals surface area contributed by atoms with E-state index in [2.05, 4.69) is 14.8 Å². The summed E-state index contributed by atoms with van der Waals surface area (Å²) in [6.45, 7) is 3.24. The van der Waals surface area contributed by atoms with Gasteiger partial charge in [0.2, 0.25) is 15.9 Å². The van der Waals surface area contributed by atoms with Crippen LogP contribution in [0, 0.1) is 0 Å². The van der Waals surface area contributed by atoms with Crippen molar-refractivity contribution in [2.24, 2.45) is 5.73 Å².